The number of likely N-dealkylation sites (N-methyl/N-ethyl adjacent to an activating group) is 1. The van der Waals surface area contributed by atoms with Crippen molar-refractivity contribution in [1.82, 2.24) is 5.32 Å². The summed E-state index contributed by atoms with van der Waals surface area (Å²) in [4.78, 5) is 13.5. The summed E-state index contributed by atoms with van der Waals surface area (Å²) in [7, 11) is 3.62. The van der Waals surface area contributed by atoms with Gasteiger partial charge in [0.1, 0.15) is 12.3 Å². The lowest BCUT2D eigenvalue weighted by atomic mass is 10.1. The molecular weight excluding hydrogens is 359 g/mol. The Morgan fingerprint density at radius 2 is 1.76 bits per heavy atom. The van der Waals surface area contributed by atoms with Gasteiger partial charge >= 0.3 is 0 Å². The van der Waals surface area contributed by atoms with Gasteiger partial charge in [-0.1, -0.05) is 41.4 Å². The van der Waals surface area contributed by atoms with Crippen LogP contribution in [0.4, 0.5) is 0 Å². The molecule has 2 N–H and O–H groups in total. The number of methoxy groups -OCH3 is 1. The summed E-state index contributed by atoms with van der Waals surface area (Å²) >= 11 is 12.0. The molecule has 25 heavy (non-hydrogen) atoms. The number of halogens is 2. The van der Waals surface area contributed by atoms with E-state index in [1.165, 1.54) is 0 Å². The second kappa shape index (κ2) is 9.09. The zero-order chi connectivity index (χ0) is 18.4. The molecule has 1 amide bonds. The van der Waals surface area contributed by atoms with Gasteiger partial charge in [0.15, 0.2) is 6.04 Å². The van der Waals surface area contributed by atoms with Gasteiger partial charge in [0.25, 0.3) is 5.91 Å². The number of hydrogen-bond donors (Lipinski definition) is 2. The Morgan fingerprint density at radius 3 is 2.36 bits per heavy atom. The molecule has 0 aliphatic carbocycles. The molecule has 0 fully saturated rings. The average Bonchev–Trinajstić information content (AvgIpc) is 2.62. The summed E-state index contributed by atoms with van der Waals surface area (Å²) in [6.45, 7) is 3.09. The van der Waals surface area contributed by atoms with Crippen LogP contribution in [-0.2, 0) is 17.9 Å². The molecule has 0 spiro atoms. The lowest BCUT2D eigenvalue weighted by molar-refractivity contribution is -0.908. The number of ether oxygens (including phenoxy) is 1. The lowest BCUT2D eigenvalue weighted by Crippen LogP contribution is -3.12. The van der Waals surface area contributed by atoms with E-state index >= 15 is 0 Å². The number of benzene rings is 2. The van der Waals surface area contributed by atoms with Crippen LogP contribution in [0, 0.1) is 0 Å². The highest BCUT2D eigenvalue weighted by atomic mass is 35.5. The summed E-state index contributed by atoms with van der Waals surface area (Å²) < 4.78 is 5.13. The first-order valence-electron chi connectivity index (χ1n) is 8.07. The molecule has 0 heterocycles. The van der Waals surface area contributed by atoms with Crippen molar-refractivity contribution in [2.24, 2.45) is 0 Å². The van der Waals surface area contributed by atoms with Crippen LogP contribution in [-0.4, -0.2) is 26.1 Å². The quantitative estimate of drug-likeness (QED) is 0.774. The molecule has 2 aromatic carbocycles. The molecule has 2 atom stereocenters. The standard InChI is InChI=1S/C19H22Cl2N2O2/c1-13(23(2)12-15-6-9-17(20)18(21)10-15)19(24)22-11-14-4-7-16(25-3)8-5-14/h4-10,13H,11-12H2,1-3H3,(H,22,24)/p+1/t13-/m0/s1. The van der Waals surface area contributed by atoms with Crippen molar-refractivity contribution in [1.29, 1.82) is 0 Å². The number of carbonyl (C=O) groups is 1. The molecule has 0 aromatic heterocycles. The third-order valence-corrected chi connectivity index (χ3v) is 4.96. The fourth-order valence-electron chi connectivity index (χ4n) is 2.43. The van der Waals surface area contributed by atoms with Crippen LogP contribution in [0.2, 0.25) is 10.0 Å². The highest BCUT2D eigenvalue weighted by Crippen LogP contribution is 2.22. The SMILES string of the molecule is COc1ccc(CNC(=O)[C@H](C)[NH+](C)Cc2ccc(Cl)c(Cl)c2)cc1. The van der Waals surface area contributed by atoms with E-state index in [9.17, 15) is 4.79 Å². The van der Waals surface area contributed by atoms with Crippen LogP contribution in [0.25, 0.3) is 0 Å². The molecule has 6 heteroatoms. The molecule has 2 aromatic rings. The van der Waals surface area contributed by atoms with Crippen LogP contribution in [0.1, 0.15) is 18.1 Å². The molecule has 4 nitrogen and oxygen atoms in total. The zero-order valence-electron chi connectivity index (χ0n) is 14.6. The predicted octanol–water partition coefficient (Wildman–Crippen LogP) is 2.72. The molecular formula is C19H23Cl2N2O2+. The van der Waals surface area contributed by atoms with Crippen molar-refractivity contribution in [3.63, 3.8) is 0 Å². The van der Waals surface area contributed by atoms with Crippen molar-refractivity contribution in [3.05, 3.63) is 63.6 Å². The van der Waals surface area contributed by atoms with Crippen molar-refractivity contribution in [2.75, 3.05) is 14.2 Å². The van der Waals surface area contributed by atoms with Gasteiger partial charge < -0.3 is 15.0 Å². The van der Waals surface area contributed by atoms with Gasteiger partial charge in [-0.2, -0.15) is 0 Å². The number of nitrogens with one attached hydrogen (secondary N) is 2. The number of rotatable bonds is 7. The van der Waals surface area contributed by atoms with Crippen LogP contribution in [0.5, 0.6) is 5.75 Å². The van der Waals surface area contributed by atoms with E-state index < -0.39 is 0 Å². The number of quaternary nitrogens is 1. The molecule has 0 radical (unpaired) electrons. The Balaban J connectivity index is 1.88. The summed E-state index contributed by atoms with van der Waals surface area (Å²) in [6, 6.07) is 13.0. The van der Waals surface area contributed by atoms with Crippen LogP contribution in [0.3, 0.4) is 0 Å². The summed E-state index contributed by atoms with van der Waals surface area (Å²) in [5.41, 5.74) is 2.07. The summed E-state index contributed by atoms with van der Waals surface area (Å²) in [5.74, 6) is 0.808. The highest BCUT2D eigenvalue weighted by Gasteiger charge is 2.21. The minimum absolute atomic E-state index is 0.00776. The second-order valence-corrected chi connectivity index (χ2v) is 6.87. The molecule has 0 aliphatic heterocycles. The van der Waals surface area contributed by atoms with Gasteiger partial charge in [0.05, 0.1) is 24.2 Å². The summed E-state index contributed by atoms with van der Waals surface area (Å²) in [5, 5.41) is 4.04. The van der Waals surface area contributed by atoms with E-state index in [0.717, 1.165) is 21.8 Å². The third-order valence-electron chi connectivity index (χ3n) is 4.23. The van der Waals surface area contributed by atoms with E-state index in [-0.39, 0.29) is 11.9 Å². The topological polar surface area (TPSA) is 42.8 Å². The summed E-state index contributed by atoms with van der Waals surface area (Å²) in [6.07, 6.45) is 0. The van der Waals surface area contributed by atoms with Crippen molar-refractivity contribution < 1.29 is 14.4 Å². The third kappa shape index (κ3) is 5.63. The number of hydrogen-bond acceptors (Lipinski definition) is 2. The molecule has 0 bridgehead atoms. The van der Waals surface area contributed by atoms with Gasteiger partial charge in [-0.3, -0.25) is 4.79 Å². The monoisotopic (exact) mass is 381 g/mol. The Labute approximate surface area is 158 Å². The number of amides is 1. The van der Waals surface area contributed by atoms with Crippen LogP contribution >= 0.6 is 23.2 Å². The first-order chi connectivity index (χ1) is 11.9. The predicted molar refractivity (Wildman–Crippen MR) is 101 cm³/mol. The fraction of sp³-hybridized carbons (Fsp3) is 0.316. The average molecular weight is 382 g/mol. The second-order valence-electron chi connectivity index (χ2n) is 6.06. The Morgan fingerprint density at radius 1 is 1.12 bits per heavy atom. The van der Waals surface area contributed by atoms with Crippen LogP contribution < -0.4 is 15.0 Å². The largest absolute Gasteiger partial charge is 0.497 e. The number of carbonyl (C=O) groups excluding carboxylic acids is 1. The molecule has 2 rings (SSSR count). The van der Waals surface area contributed by atoms with E-state index in [1.807, 2.05) is 50.4 Å². The zero-order valence-corrected chi connectivity index (χ0v) is 16.1. The van der Waals surface area contributed by atoms with Crippen LogP contribution in [0.15, 0.2) is 42.5 Å². The molecule has 134 valence electrons. The van der Waals surface area contributed by atoms with Gasteiger partial charge in [-0.25, -0.2) is 0 Å². The van der Waals surface area contributed by atoms with E-state index in [0.29, 0.717) is 23.1 Å². The highest BCUT2D eigenvalue weighted by molar-refractivity contribution is 6.42. The van der Waals surface area contributed by atoms with E-state index in [1.54, 1.807) is 13.2 Å². The fourth-order valence-corrected chi connectivity index (χ4v) is 2.75. The van der Waals surface area contributed by atoms with Crippen molar-refractivity contribution in [2.45, 2.75) is 26.1 Å². The maximum Gasteiger partial charge on any atom is 0.278 e. The lowest BCUT2D eigenvalue weighted by Gasteiger charge is -2.21. The van der Waals surface area contributed by atoms with E-state index in [4.69, 9.17) is 27.9 Å². The Hall–Kier alpha value is -1.75. The minimum atomic E-state index is -0.187. The molecule has 0 aliphatic rings. The van der Waals surface area contributed by atoms with E-state index in [2.05, 4.69) is 5.32 Å². The van der Waals surface area contributed by atoms with Crippen molar-refractivity contribution in [3.8, 4) is 5.75 Å². The van der Waals surface area contributed by atoms with Gasteiger partial charge in [0.2, 0.25) is 0 Å². The Kier molecular flexibility index (Phi) is 7.12. The molecule has 0 saturated carbocycles. The normalized spacial score (nSPS) is 13.2. The van der Waals surface area contributed by atoms with Crippen molar-refractivity contribution >= 4 is 29.1 Å². The molecule has 0 saturated heterocycles. The minimum Gasteiger partial charge on any atom is -0.497 e. The smallest absolute Gasteiger partial charge is 0.278 e. The molecule has 1 unspecified atom stereocenters. The maximum atomic E-state index is 12.4. The first kappa shape index (κ1) is 19.6. The maximum absolute atomic E-state index is 12.4. The van der Waals surface area contributed by atoms with Gasteiger partial charge in [0, 0.05) is 12.1 Å². The first-order valence-corrected chi connectivity index (χ1v) is 8.83. The van der Waals surface area contributed by atoms with Gasteiger partial charge in [-0.05, 0) is 36.8 Å². The Bertz CT molecular complexity index is 720. The van der Waals surface area contributed by atoms with Gasteiger partial charge in [-0.15, -0.1) is 0 Å².